The van der Waals surface area contributed by atoms with E-state index in [2.05, 4.69) is 19.2 Å². The monoisotopic (exact) mass is 268 g/mol. The summed E-state index contributed by atoms with van der Waals surface area (Å²) in [7, 11) is 0. The van der Waals surface area contributed by atoms with Gasteiger partial charge < -0.3 is 10.2 Å². The van der Waals surface area contributed by atoms with E-state index in [1.807, 2.05) is 25.7 Å². The third-order valence-electron chi connectivity index (χ3n) is 3.30. The highest BCUT2D eigenvalue weighted by molar-refractivity contribution is 5.80. The van der Waals surface area contributed by atoms with Gasteiger partial charge in [-0.05, 0) is 39.5 Å². The van der Waals surface area contributed by atoms with Crippen LogP contribution in [-0.4, -0.2) is 35.3 Å². The Hall–Kier alpha value is -1.06. The fraction of sp³-hybridized carbons (Fsp3) is 0.867. The average Bonchev–Trinajstić information content (AvgIpc) is 2.26. The van der Waals surface area contributed by atoms with Gasteiger partial charge in [0, 0.05) is 31.0 Å². The molecule has 0 aromatic rings. The Bertz CT molecular complexity index is 324. The van der Waals surface area contributed by atoms with E-state index >= 15 is 0 Å². The number of piperidine rings is 1. The first-order chi connectivity index (χ1) is 8.69. The van der Waals surface area contributed by atoms with Gasteiger partial charge in [0.15, 0.2) is 0 Å². The fourth-order valence-electron chi connectivity index (χ4n) is 2.34. The number of amides is 2. The zero-order chi connectivity index (χ0) is 14.6. The van der Waals surface area contributed by atoms with Gasteiger partial charge in [0.2, 0.25) is 11.8 Å². The predicted molar refractivity (Wildman–Crippen MR) is 76.7 cm³/mol. The molecular formula is C15H28N2O2. The van der Waals surface area contributed by atoms with Gasteiger partial charge in [-0.2, -0.15) is 0 Å². The van der Waals surface area contributed by atoms with Crippen LogP contribution in [0.4, 0.5) is 0 Å². The van der Waals surface area contributed by atoms with Gasteiger partial charge in [0.1, 0.15) is 0 Å². The summed E-state index contributed by atoms with van der Waals surface area (Å²) in [6.07, 6.45) is 2.18. The second-order valence-electron chi connectivity index (χ2n) is 6.99. The molecule has 0 atom stereocenters. The van der Waals surface area contributed by atoms with Crippen molar-refractivity contribution >= 4 is 11.8 Å². The van der Waals surface area contributed by atoms with Crippen molar-refractivity contribution in [3.63, 3.8) is 0 Å². The van der Waals surface area contributed by atoms with Gasteiger partial charge >= 0.3 is 0 Å². The van der Waals surface area contributed by atoms with Gasteiger partial charge in [-0.25, -0.2) is 0 Å². The molecule has 1 fully saturated rings. The predicted octanol–water partition coefficient (Wildman–Crippen LogP) is 2.19. The number of rotatable bonds is 3. The Balaban J connectivity index is 2.40. The summed E-state index contributed by atoms with van der Waals surface area (Å²) < 4.78 is 0. The van der Waals surface area contributed by atoms with Crippen molar-refractivity contribution in [2.75, 3.05) is 13.1 Å². The van der Waals surface area contributed by atoms with Crippen molar-refractivity contribution in [2.24, 2.45) is 11.8 Å². The van der Waals surface area contributed by atoms with E-state index in [4.69, 9.17) is 0 Å². The lowest BCUT2D eigenvalue weighted by Crippen LogP contribution is -2.48. The molecule has 0 spiro atoms. The molecule has 1 heterocycles. The summed E-state index contributed by atoms with van der Waals surface area (Å²) in [5.74, 6) is 0.810. The normalized spacial score (nSPS) is 17.7. The highest BCUT2D eigenvalue weighted by Gasteiger charge is 2.28. The first-order valence-corrected chi connectivity index (χ1v) is 7.29. The van der Waals surface area contributed by atoms with Crippen LogP contribution in [0.15, 0.2) is 0 Å². The van der Waals surface area contributed by atoms with E-state index < -0.39 is 0 Å². The van der Waals surface area contributed by atoms with Crippen LogP contribution in [0.3, 0.4) is 0 Å². The Kier molecular flexibility index (Phi) is 5.39. The van der Waals surface area contributed by atoms with Gasteiger partial charge in [-0.15, -0.1) is 0 Å². The van der Waals surface area contributed by atoms with Crippen LogP contribution in [0.25, 0.3) is 0 Å². The Morgan fingerprint density at radius 3 is 2.16 bits per heavy atom. The molecule has 1 aliphatic heterocycles. The lowest BCUT2D eigenvalue weighted by molar-refractivity contribution is -0.136. The van der Waals surface area contributed by atoms with Crippen molar-refractivity contribution in [1.29, 1.82) is 0 Å². The number of likely N-dealkylation sites (tertiary alicyclic amines) is 1. The highest BCUT2D eigenvalue weighted by Crippen LogP contribution is 2.19. The molecule has 19 heavy (non-hydrogen) atoms. The minimum Gasteiger partial charge on any atom is -0.351 e. The number of carbonyl (C=O) groups is 2. The molecule has 0 bridgehead atoms. The summed E-state index contributed by atoms with van der Waals surface area (Å²) >= 11 is 0. The molecule has 1 aliphatic rings. The van der Waals surface area contributed by atoms with Crippen molar-refractivity contribution in [3.8, 4) is 0 Å². The van der Waals surface area contributed by atoms with Crippen molar-refractivity contribution in [3.05, 3.63) is 0 Å². The number of hydrogen-bond donors (Lipinski definition) is 1. The Morgan fingerprint density at radius 1 is 1.21 bits per heavy atom. The lowest BCUT2D eigenvalue weighted by Gasteiger charge is -2.33. The van der Waals surface area contributed by atoms with Crippen LogP contribution in [0, 0.1) is 11.8 Å². The third kappa shape index (κ3) is 5.62. The largest absolute Gasteiger partial charge is 0.351 e. The number of nitrogens with zero attached hydrogens (tertiary/aromatic N) is 1. The van der Waals surface area contributed by atoms with Crippen LogP contribution < -0.4 is 5.32 Å². The second-order valence-corrected chi connectivity index (χ2v) is 6.99. The van der Waals surface area contributed by atoms with Crippen molar-refractivity contribution in [2.45, 2.75) is 59.4 Å². The van der Waals surface area contributed by atoms with E-state index in [0.29, 0.717) is 25.4 Å². The smallest absolute Gasteiger partial charge is 0.223 e. The molecule has 4 nitrogen and oxygen atoms in total. The molecule has 0 aromatic heterocycles. The number of carbonyl (C=O) groups excluding carboxylic acids is 2. The molecule has 0 aliphatic carbocycles. The summed E-state index contributed by atoms with van der Waals surface area (Å²) in [6, 6.07) is 0. The molecule has 1 rings (SSSR count). The Morgan fingerprint density at radius 2 is 1.74 bits per heavy atom. The summed E-state index contributed by atoms with van der Waals surface area (Å²) in [5, 5.41) is 3.02. The SMILES string of the molecule is CC(C)CC(=O)N1CCC(C(=O)NC(C)(C)C)CC1. The van der Waals surface area contributed by atoms with Crippen molar-refractivity contribution in [1.82, 2.24) is 10.2 Å². The lowest BCUT2D eigenvalue weighted by atomic mass is 9.94. The maximum absolute atomic E-state index is 12.1. The number of hydrogen-bond acceptors (Lipinski definition) is 2. The number of nitrogens with one attached hydrogen (secondary N) is 1. The van der Waals surface area contributed by atoms with Crippen LogP contribution in [0.2, 0.25) is 0 Å². The molecule has 110 valence electrons. The van der Waals surface area contributed by atoms with Gasteiger partial charge in [0.25, 0.3) is 0 Å². The molecule has 2 amide bonds. The summed E-state index contributed by atoms with van der Waals surface area (Å²) in [4.78, 5) is 25.9. The molecule has 0 radical (unpaired) electrons. The summed E-state index contributed by atoms with van der Waals surface area (Å²) in [5.41, 5.74) is -0.179. The molecule has 1 N–H and O–H groups in total. The van der Waals surface area contributed by atoms with Crippen LogP contribution in [-0.2, 0) is 9.59 Å². The molecule has 4 heteroatoms. The van der Waals surface area contributed by atoms with E-state index in [-0.39, 0.29) is 23.3 Å². The molecule has 0 aromatic carbocycles. The Labute approximate surface area is 116 Å². The van der Waals surface area contributed by atoms with E-state index in [1.165, 1.54) is 0 Å². The maximum Gasteiger partial charge on any atom is 0.223 e. The van der Waals surface area contributed by atoms with E-state index in [0.717, 1.165) is 12.8 Å². The van der Waals surface area contributed by atoms with Crippen LogP contribution >= 0.6 is 0 Å². The summed E-state index contributed by atoms with van der Waals surface area (Å²) in [6.45, 7) is 11.5. The zero-order valence-corrected chi connectivity index (χ0v) is 13.0. The minimum atomic E-state index is -0.179. The van der Waals surface area contributed by atoms with Crippen molar-refractivity contribution < 1.29 is 9.59 Å². The maximum atomic E-state index is 12.1. The first-order valence-electron chi connectivity index (χ1n) is 7.29. The topological polar surface area (TPSA) is 49.4 Å². The van der Waals surface area contributed by atoms with E-state index in [9.17, 15) is 9.59 Å². The van der Waals surface area contributed by atoms with Gasteiger partial charge in [-0.1, -0.05) is 13.8 Å². The fourth-order valence-corrected chi connectivity index (χ4v) is 2.34. The quantitative estimate of drug-likeness (QED) is 0.853. The van der Waals surface area contributed by atoms with E-state index in [1.54, 1.807) is 0 Å². The zero-order valence-electron chi connectivity index (χ0n) is 13.0. The first kappa shape index (κ1) is 16.0. The van der Waals surface area contributed by atoms with Gasteiger partial charge in [0.05, 0.1) is 0 Å². The van der Waals surface area contributed by atoms with Crippen LogP contribution in [0.1, 0.15) is 53.9 Å². The third-order valence-corrected chi connectivity index (χ3v) is 3.30. The average molecular weight is 268 g/mol. The van der Waals surface area contributed by atoms with Gasteiger partial charge in [-0.3, -0.25) is 9.59 Å². The standard InChI is InChI=1S/C15H28N2O2/c1-11(2)10-13(18)17-8-6-12(7-9-17)14(19)16-15(3,4)5/h11-12H,6-10H2,1-5H3,(H,16,19). The molecule has 0 unspecified atom stereocenters. The van der Waals surface area contributed by atoms with Crippen LogP contribution in [0.5, 0.6) is 0 Å². The highest BCUT2D eigenvalue weighted by atomic mass is 16.2. The molecule has 0 saturated carbocycles. The molecular weight excluding hydrogens is 240 g/mol. The minimum absolute atomic E-state index is 0.0577. The second kappa shape index (κ2) is 6.40. The molecule has 1 saturated heterocycles.